The number of sulfone groups is 1. The van der Waals surface area contributed by atoms with E-state index in [1.807, 2.05) is 23.6 Å². The van der Waals surface area contributed by atoms with Gasteiger partial charge in [0, 0.05) is 23.8 Å². The molecule has 1 aromatic carbocycles. The first kappa shape index (κ1) is 16.7. The van der Waals surface area contributed by atoms with Gasteiger partial charge in [0.15, 0.2) is 0 Å². The van der Waals surface area contributed by atoms with Crippen LogP contribution in [0.5, 0.6) is 0 Å². The van der Waals surface area contributed by atoms with Crippen LogP contribution in [-0.4, -0.2) is 40.2 Å². The maximum absolute atomic E-state index is 13.7. The third-order valence-corrected chi connectivity index (χ3v) is 5.36. The lowest BCUT2D eigenvalue weighted by Gasteiger charge is -2.11. The fourth-order valence-corrected chi connectivity index (χ4v) is 3.79. The number of benzene rings is 1. The van der Waals surface area contributed by atoms with Crippen LogP contribution < -0.4 is 0 Å². The van der Waals surface area contributed by atoms with Gasteiger partial charge >= 0.3 is 0 Å². The largest absolute Gasteiger partial charge is 0.304 e. The zero-order valence-electron chi connectivity index (χ0n) is 14.3. The van der Waals surface area contributed by atoms with Gasteiger partial charge in [0.1, 0.15) is 15.7 Å². The van der Waals surface area contributed by atoms with Gasteiger partial charge in [0.05, 0.1) is 39.9 Å². The van der Waals surface area contributed by atoms with E-state index in [0.29, 0.717) is 6.42 Å². The topological polar surface area (TPSA) is 80.6 Å². The van der Waals surface area contributed by atoms with Crippen molar-refractivity contribution in [1.82, 2.24) is 19.7 Å². The first-order valence-corrected chi connectivity index (χ1v) is 10.2. The number of aromatic nitrogens is 4. The molecule has 0 amide bonds. The number of H-pyrrole nitrogens is 1. The Balaban J connectivity index is 1.86. The summed E-state index contributed by atoms with van der Waals surface area (Å²) >= 11 is 0. The van der Waals surface area contributed by atoms with Gasteiger partial charge < -0.3 is 4.57 Å². The summed E-state index contributed by atoms with van der Waals surface area (Å²) in [7, 11) is -3.04. The minimum Gasteiger partial charge on any atom is -0.304 e. The minimum atomic E-state index is -3.04. The fraction of sp³-hybridized carbons (Fsp3) is 0.222. The Hall–Kier alpha value is -2.74. The van der Waals surface area contributed by atoms with Gasteiger partial charge in [-0.2, -0.15) is 5.10 Å². The van der Waals surface area contributed by atoms with Crippen LogP contribution in [0, 0.1) is 12.7 Å². The predicted octanol–water partition coefficient (Wildman–Crippen LogP) is 2.94. The molecule has 0 radical (unpaired) electrons. The highest BCUT2D eigenvalue weighted by Gasteiger charge is 2.16. The molecule has 0 fully saturated rings. The van der Waals surface area contributed by atoms with E-state index < -0.39 is 9.84 Å². The zero-order chi connectivity index (χ0) is 18.5. The van der Waals surface area contributed by atoms with Crippen LogP contribution in [0.3, 0.4) is 0 Å². The van der Waals surface area contributed by atoms with Crippen LogP contribution in [0.4, 0.5) is 4.39 Å². The Kier molecular flexibility index (Phi) is 3.80. The first-order valence-electron chi connectivity index (χ1n) is 8.11. The standard InChI is InChI=1S/C18H17FN4O2S/c1-11-15(6-4-13(21-11)7-8-26(2,24)25)23-16-5-3-12(19)9-14(16)18-17(23)10-20-22-18/h3-6,9-10H,7-8H2,1-2H3,(H,20,22). The lowest BCUT2D eigenvalue weighted by atomic mass is 10.2. The molecule has 4 aromatic rings. The second-order valence-electron chi connectivity index (χ2n) is 6.41. The summed E-state index contributed by atoms with van der Waals surface area (Å²) in [5, 5.41) is 7.75. The molecule has 0 aliphatic carbocycles. The second kappa shape index (κ2) is 5.91. The Labute approximate surface area is 149 Å². The van der Waals surface area contributed by atoms with Gasteiger partial charge in [0.25, 0.3) is 0 Å². The summed E-state index contributed by atoms with van der Waals surface area (Å²) < 4.78 is 38.4. The van der Waals surface area contributed by atoms with E-state index in [-0.39, 0.29) is 11.6 Å². The number of rotatable bonds is 4. The molecule has 0 aliphatic rings. The Morgan fingerprint density at radius 3 is 2.73 bits per heavy atom. The van der Waals surface area contributed by atoms with Crippen molar-refractivity contribution in [2.24, 2.45) is 0 Å². The molecule has 26 heavy (non-hydrogen) atoms. The Morgan fingerprint density at radius 1 is 1.19 bits per heavy atom. The highest BCUT2D eigenvalue weighted by atomic mass is 32.2. The number of nitrogens with one attached hydrogen (secondary N) is 1. The molecule has 0 atom stereocenters. The molecular weight excluding hydrogens is 355 g/mol. The summed E-state index contributed by atoms with van der Waals surface area (Å²) in [4.78, 5) is 4.56. The van der Waals surface area contributed by atoms with Gasteiger partial charge in [-0.1, -0.05) is 0 Å². The van der Waals surface area contributed by atoms with Crippen LogP contribution in [-0.2, 0) is 16.3 Å². The van der Waals surface area contributed by atoms with Crippen LogP contribution in [0.1, 0.15) is 11.4 Å². The molecule has 3 heterocycles. The van der Waals surface area contributed by atoms with Gasteiger partial charge in [-0.25, -0.2) is 12.8 Å². The number of halogens is 1. The van der Waals surface area contributed by atoms with E-state index in [1.54, 1.807) is 12.3 Å². The number of hydrogen-bond donors (Lipinski definition) is 1. The van der Waals surface area contributed by atoms with Gasteiger partial charge in [-0.15, -0.1) is 0 Å². The number of nitrogens with zero attached hydrogens (tertiary/aromatic N) is 3. The number of aromatic amines is 1. The molecular formula is C18H17FN4O2S. The van der Waals surface area contributed by atoms with E-state index in [1.165, 1.54) is 18.4 Å². The quantitative estimate of drug-likeness (QED) is 0.597. The molecule has 134 valence electrons. The average molecular weight is 372 g/mol. The molecule has 8 heteroatoms. The van der Waals surface area contributed by atoms with Crippen molar-refractivity contribution < 1.29 is 12.8 Å². The van der Waals surface area contributed by atoms with E-state index in [9.17, 15) is 12.8 Å². The van der Waals surface area contributed by atoms with Crippen LogP contribution in [0.2, 0.25) is 0 Å². The smallest absolute Gasteiger partial charge is 0.147 e. The molecule has 0 bridgehead atoms. The van der Waals surface area contributed by atoms with Crippen molar-refractivity contribution >= 4 is 31.8 Å². The predicted molar refractivity (Wildman–Crippen MR) is 98.8 cm³/mol. The van der Waals surface area contributed by atoms with Crippen molar-refractivity contribution in [3.05, 3.63) is 53.7 Å². The van der Waals surface area contributed by atoms with Crippen molar-refractivity contribution in [3.63, 3.8) is 0 Å². The lowest BCUT2D eigenvalue weighted by molar-refractivity contribution is 0.600. The van der Waals surface area contributed by atoms with Gasteiger partial charge in [-0.05, 0) is 37.3 Å². The first-order chi connectivity index (χ1) is 12.3. The van der Waals surface area contributed by atoms with Gasteiger partial charge in [0.2, 0.25) is 0 Å². The van der Waals surface area contributed by atoms with Crippen molar-refractivity contribution in [2.75, 3.05) is 12.0 Å². The zero-order valence-corrected chi connectivity index (χ0v) is 15.1. The average Bonchev–Trinajstić information content (AvgIpc) is 3.14. The van der Waals surface area contributed by atoms with Gasteiger partial charge in [-0.3, -0.25) is 10.1 Å². The summed E-state index contributed by atoms with van der Waals surface area (Å²) in [5.74, 6) is -0.242. The Bertz CT molecular complexity index is 1240. The summed E-state index contributed by atoms with van der Waals surface area (Å²) in [5.41, 5.74) is 4.78. The summed E-state index contributed by atoms with van der Waals surface area (Å²) in [6.45, 7) is 1.88. The molecule has 0 saturated carbocycles. The summed E-state index contributed by atoms with van der Waals surface area (Å²) in [6.07, 6.45) is 3.29. The molecule has 0 unspecified atom stereocenters. The SMILES string of the molecule is Cc1nc(CCS(C)(=O)=O)ccc1-n1c2ccc(F)cc2c2[nH]ncc21. The normalized spacial score (nSPS) is 12.3. The second-order valence-corrected chi connectivity index (χ2v) is 8.67. The highest BCUT2D eigenvalue weighted by molar-refractivity contribution is 7.90. The molecule has 0 spiro atoms. The van der Waals surface area contributed by atoms with Crippen molar-refractivity contribution in [2.45, 2.75) is 13.3 Å². The summed E-state index contributed by atoms with van der Waals surface area (Å²) in [6, 6.07) is 8.38. The van der Waals surface area contributed by atoms with Crippen molar-refractivity contribution in [1.29, 1.82) is 0 Å². The molecule has 6 nitrogen and oxygen atoms in total. The maximum atomic E-state index is 13.7. The number of aryl methyl sites for hydroxylation is 2. The Morgan fingerprint density at radius 2 is 2.00 bits per heavy atom. The molecule has 0 saturated heterocycles. The number of fused-ring (bicyclic) bond motifs is 3. The highest BCUT2D eigenvalue weighted by Crippen LogP contribution is 2.31. The fourth-order valence-electron chi connectivity index (χ4n) is 3.21. The number of hydrogen-bond acceptors (Lipinski definition) is 4. The maximum Gasteiger partial charge on any atom is 0.147 e. The minimum absolute atomic E-state index is 0.0660. The molecule has 0 aliphatic heterocycles. The monoisotopic (exact) mass is 372 g/mol. The van der Waals surface area contributed by atoms with Crippen molar-refractivity contribution in [3.8, 4) is 5.69 Å². The lowest BCUT2D eigenvalue weighted by Crippen LogP contribution is -2.08. The van der Waals surface area contributed by atoms with E-state index in [0.717, 1.165) is 39.0 Å². The van der Waals surface area contributed by atoms with E-state index >= 15 is 0 Å². The molecule has 1 N–H and O–H groups in total. The van der Waals surface area contributed by atoms with E-state index in [2.05, 4.69) is 15.2 Å². The van der Waals surface area contributed by atoms with E-state index in [4.69, 9.17) is 0 Å². The third-order valence-electron chi connectivity index (χ3n) is 4.41. The van der Waals surface area contributed by atoms with Crippen LogP contribution in [0.15, 0.2) is 36.5 Å². The van der Waals surface area contributed by atoms with Crippen LogP contribution >= 0.6 is 0 Å². The molecule has 4 rings (SSSR count). The molecule has 3 aromatic heterocycles. The third kappa shape index (κ3) is 2.86. The number of pyridine rings is 1. The van der Waals surface area contributed by atoms with Crippen LogP contribution in [0.25, 0.3) is 27.6 Å².